The molecule has 0 aliphatic rings. The van der Waals surface area contributed by atoms with Crippen LogP contribution in [0.2, 0.25) is 0 Å². The van der Waals surface area contributed by atoms with Crippen molar-refractivity contribution in [3.63, 3.8) is 0 Å². The largest absolute Gasteiger partial charge is 0.322 e. The maximum Gasteiger partial charge on any atom is 0.246 e. The number of halogens is 3. The zero-order valence-corrected chi connectivity index (χ0v) is 15.0. The van der Waals surface area contributed by atoms with Crippen LogP contribution in [0.4, 0.5) is 18.9 Å². The van der Waals surface area contributed by atoms with Crippen molar-refractivity contribution in [3.8, 4) is 0 Å². The predicted octanol–water partition coefficient (Wildman–Crippen LogP) is 4.62. The summed E-state index contributed by atoms with van der Waals surface area (Å²) in [6.45, 7) is 0.449. The first-order valence-corrected chi connectivity index (χ1v) is 8.81. The second kappa shape index (κ2) is 9.19. The van der Waals surface area contributed by atoms with Crippen LogP contribution < -0.4 is 10.6 Å². The second-order valence-electron chi connectivity index (χ2n) is 6.29. The van der Waals surface area contributed by atoms with Crippen molar-refractivity contribution in [3.05, 3.63) is 101 Å². The lowest BCUT2D eigenvalue weighted by atomic mass is 10.1. The highest BCUT2D eigenvalue weighted by Gasteiger charge is 2.21. The lowest BCUT2D eigenvalue weighted by Gasteiger charge is -2.19. The molecule has 0 spiro atoms. The standard InChI is InChI=1S/C22H19F3N2O/c23-17-8-6-15(7-9-17)12-13-26-21(16-4-2-1-3-5-16)22(28)27-20-11-10-18(24)14-19(20)25/h1-11,14,21,26H,12-13H2,(H,27,28)/t21-/m1/s1. The van der Waals surface area contributed by atoms with Crippen molar-refractivity contribution in [2.45, 2.75) is 12.5 Å². The second-order valence-corrected chi connectivity index (χ2v) is 6.29. The summed E-state index contributed by atoms with van der Waals surface area (Å²) in [7, 11) is 0. The first-order valence-electron chi connectivity index (χ1n) is 8.81. The van der Waals surface area contributed by atoms with Crippen molar-refractivity contribution in [1.82, 2.24) is 5.32 Å². The highest BCUT2D eigenvalue weighted by Crippen LogP contribution is 2.19. The van der Waals surface area contributed by atoms with Gasteiger partial charge in [-0.05, 0) is 41.8 Å². The molecule has 0 bridgehead atoms. The van der Waals surface area contributed by atoms with Crippen molar-refractivity contribution in [1.29, 1.82) is 0 Å². The molecule has 0 aliphatic carbocycles. The summed E-state index contributed by atoms with van der Waals surface area (Å²) in [4.78, 5) is 12.8. The molecule has 0 saturated carbocycles. The van der Waals surface area contributed by atoms with Crippen molar-refractivity contribution in [2.75, 3.05) is 11.9 Å². The van der Waals surface area contributed by atoms with E-state index in [-0.39, 0.29) is 11.5 Å². The smallest absolute Gasteiger partial charge is 0.246 e. The van der Waals surface area contributed by atoms with E-state index in [1.807, 2.05) is 6.07 Å². The summed E-state index contributed by atoms with van der Waals surface area (Å²) in [6.07, 6.45) is 0.585. The van der Waals surface area contributed by atoms with Gasteiger partial charge in [0.1, 0.15) is 23.5 Å². The molecule has 0 saturated heterocycles. The van der Waals surface area contributed by atoms with Gasteiger partial charge in [0.25, 0.3) is 0 Å². The Morgan fingerprint density at radius 3 is 2.21 bits per heavy atom. The van der Waals surface area contributed by atoms with Gasteiger partial charge in [0.15, 0.2) is 0 Å². The Hall–Kier alpha value is -3.12. The quantitative estimate of drug-likeness (QED) is 0.624. The van der Waals surface area contributed by atoms with Crippen LogP contribution in [-0.4, -0.2) is 12.5 Å². The fraction of sp³-hybridized carbons (Fsp3) is 0.136. The van der Waals surface area contributed by atoms with Crippen LogP contribution in [0.15, 0.2) is 72.8 Å². The Balaban J connectivity index is 1.71. The van der Waals surface area contributed by atoms with Gasteiger partial charge >= 0.3 is 0 Å². The third-order valence-electron chi connectivity index (χ3n) is 4.26. The number of benzene rings is 3. The maximum atomic E-state index is 13.9. The number of carbonyl (C=O) groups excluding carboxylic acids is 1. The van der Waals surface area contributed by atoms with Crippen molar-refractivity contribution < 1.29 is 18.0 Å². The van der Waals surface area contributed by atoms with Gasteiger partial charge in [-0.2, -0.15) is 0 Å². The normalized spacial score (nSPS) is 11.8. The maximum absolute atomic E-state index is 13.9. The molecule has 0 heterocycles. The molecule has 0 fully saturated rings. The third kappa shape index (κ3) is 5.20. The Bertz CT molecular complexity index is 930. The fourth-order valence-corrected chi connectivity index (χ4v) is 2.82. The third-order valence-corrected chi connectivity index (χ3v) is 4.26. The number of amides is 1. The minimum Gasteiger partial charge on any atom is -0.322 e. The van der Waals surface area contributed by atoms with Gasteiger partial charge in [0, 0.05) is 12.6 Å². The Labute approximate surface area is 161 Å². The Morgan fingerprint density at radius 1 is 0.857 bits per heavy atom. The fourth-order valence-electron chi connectivity index (χ4n) is 2.82. The van der Waals surface area contributed by atoms with Gasteiger partial charge in [0.2, 0.25) is 5.91 Å². The molecule has 3 rings (SSSR count). The number of anilines is 1. The highest BCUT2D eigenvalue weighted by atomic mass is 19.1. The van der Waals surface area contributed by atoms with Crippen LogP contribution in [0.5, 0.6) is 0 Å². The van der Waals surface area contributed by atoms with Crippen LogP contribution in [0, 0.1) is 17.5 Å². The molecular weight excluding hydrogens is 365 g/mol. The van der Waals surface area contributed by atoms with Gasteiger partial charge in [-0.15, -0.1) is 0 Å². The minimum absolute atomic E-state index is 0.0901. The van der Waals surface area contributed by atoms with Gasteiger partial charge in [-0.1, -0.05) is 42.5 Å². The van der Waals surface area contributed by atoms with E-state index < -0.39 is 23.6 Å². The number of carbonyl (C=O) groups is 1. The molecule has 0 aliphatic heterocycles. The van der Waals surface area contributed by atoms with E-state index in [1.54, 1.807) is 36.4 Å². The zero-order chi connectivity index (χ0) is 19.9. The first-order chi connectivity index (χ1) is 13.5. The molecule has 0 radical (unpaired) electrons. The van der Waals surface area contributed by atoms with Gasteiger partial charge in [0.05, 0.1) is 5.69 Å². The summed E-state index contributed by atoms with van der Waals surface area (Å²) in [5.74, 6) is -2.32. The van der Waals surface area contributed by atoms with E-state index >= 15 is 0 Å². The molecule has 3 nitrogen and oxygen atoms in total. The average Bonchev–Trinajstić information content (AvgIpc) is 2.69. The average molecular weight is 384 g/mol. The zero-order valence-electron chi connectivity index (χ0n) is 15.0. The summed E-state index contributed by atoms with van der Waals surface area (Å²) in [5.41, 5.74) is 1.54. The Kier molecular flexibility index (Phi) is 6.45. The van der Waals surface area contributed by atoms with Crippen LogP contribution in [0.1, 0.15) is 17.2 Å². The van der Waals surface area contributed by atoms with E-state index in [4.69, 9.17) is 0 Å². The van der Waals surface area contributed by atoms with Crippen LogP contribution in [-0.2, 0) is 11.2 Å². The molecule has 3 aromatic carbocycles. The molecule has 0 aromatic heterocycles. The highest BCUT2D eigenvalue weighted by molar-refractivity contribution is 5.95. The van der Waals surface area contributed by atoms with Crippen molar-refractivity contribution >= 4 is 11.6 Å². The predicted molar refractivity (Wildman–Crippen MR) is 102 cm³/mol. The molecule has 144 valence electrons. The monoisotopic (exact) mass is 384 g/mol. The van der Waals surface area contributed by atoms with Gasteiger partial charge < -0.3 is 10.6 Å². The lowest BCUT2D eigenvalue weighted by molar-refractivity contribution is -0.118. The molecule has 1 amide bonds. The first kappa shape index (κ1) is 19.6. The van der Waals surface area contributed by atoms with Gasteiger partial charge in [-0.25, -0.2) is 13.2 Å². The van der Waals surface area contributed by atoms with E-state index in [2.05, 4.69) is 10.6 Å². The van der Waals surface area contributed by atoms with Crippen molar-refractivity contribution in [2.24, 2.45) is 0 Å². The molecule has 3 aromatic rings. The number of rotatable bonds is 7. The van der Waals surface area contributed by atoms with Gasteiger partial charge in [-0.3, -0.25) is 4.79 Å². The van der Waals surface area contributed by atoms with Crippen LogP contribution >= 0.6 is 0 Å². The minimum atomic E-state index is -0.841. The molecule has 6 heteroatoms. The summed E-state index contributed by atoms with van der Waals surface area (Å²) in [5, 5.41) is 5.65. The molecule has 2 N–H and O–H groups in total. The summed E-state index contributed by atoms with van der Waals surface area (Å²) >= 11 is 0. The van der Waals surface area contributed by atoms with E-state index in [0.29, 0.717) is 18.5 Å². The molecule has 0 unspecified atom stereocenters. The topological polar surface area (TPSA) is 41.1 Å². The number of hydrogen-bond donors (Lipinski definition) is 2. The van der Waals surface area contributed by atoms with E-state index in [0.717, 1.165) is 17.7 Å². The van der Waals surface area contributed by atoms with Crippen LogP contribution in [0.25, 0.3) is 0 Å². The molecule has 28 heavy (non-hydrogen) atoms. The van der Waals surface area contributed by atoms with E-state index in [1.165, 1.54) is 18.2 Å². The lowest BCUT2D eigenvalue weighted by Crippen LogP contribution is -2.34. The SMILES string of the molecule is O=C(Nc1ccc(F)cc1F)[C@H](NCCc1ccc(F)cc1)c1ccccc1. The molecule has 1 atom stereocenters. The summed E-state index contributed by atoms with van der Waals surface area (Å²) < 4.78 is 40.0. The number of nitrogens with one attached hydrogen (secondary N) is 2. The Morgan fingerprint density at radius 2 is 1.54 bits per heavy atom. The van der Waals surface area contributed by atoms with E-state index in [9.17, 15) is 18.0 Å². The van der Waals surface area contributed by atoms with Crippen LogP contribution in [0.3, 0.4) is 0 Å². The summed E-state index contributed by atoms with van der Waals surface area (Å²) in [6, 6.07) is 17.4. The molecular formula is C22H19F3N2O. The number of hydrogen-bond acceptors (Lipinski definition) is 2.